The second kappa shape index (κ2) is 10.6. The molecule has 0 spiro atoms. The van der Waals surface area contributed by atoms with Gasteiger partial charge in [0.25, 0.3) is 0 Å². The van der Waals surface area contributed by atoms with Crippen molar-refractivity contribution in [3.05, 3.63) is 114 Å². The van der Waals surface area contributed by atoms with Crippen LogP contribution in [0.1, 0.15) is 22.6 Å². The predicted molar refractivity (Wildman–Crippen MR) is 142 cm³/mol. The van der Waals surface area contributed by atoms with Crippen molar-refractivity contribution in [1.82, 2.24) is 5.32 Å². The van der Waals surface area contributed by atoms with Crippen molar-refractivity contribution in [2.24, 2.45) is 0 Å². The molecule has 2 N–H and O–H groups in total. The molecule has 1 aliphatic rings. The minimum Gasteiger partial charge on any atom is -0.497 e. The Morgan fingerprint density at radius 1 is 0.838 bits per heavy atom. The van der Waals surface area contributed by atoms with E-state index in [0.717, 1.165) is 44.7 Å². The van der Waals surface area contributed by atoms with E-state index >= 15 is 0 Å². The summed E-state index contributed by atoms with van der Waals surface area (Å²) in [5, 5.41) is 12.3. The number of carbonyl (C=O) groups is 2. The summed E-state index contributed by atoms with van der Waals surface area (Å²) < 4.78 is 10.8. The highest BCUT2D eigenvalue weighted by molar-refractivity contribution is 5.81. The Hall–Kier alpha value is -4.58. The van der Waals surface area contributed by atoms with Crippen molar-refractivity contribution in [1.29, 1.82) is 0 Å². The van der Waals surface area contributed by atoms with Crippen molar-refractivity contribution in [3.63, 3.8) is 0 Å². The Morgan fingerprint density at radius 2 is 1.49 bits per heavy atom. The Labute approximate surface area is 215 Å². The number of benzene rings is 4. The van der Waals surface area contributed by atoms with Gasteiger partial charge in [-0.3, -0.25) is 0 Å². The zero-order valence-corrected chi connectivity index (χ0v) is 20.4. The van der Waals surface area contributed by atoms with Crippen molar-refractivity contribution in [3.8, 4) is 28.0 Å². The summed E-state index contributed by atoms with van der Waals surface area (Å²) in [7, 11) is 1.62. The van der Waals surface area contributed by atoms with Gasteiger partial charge < -0.3 is 19.9 Å². The van der Waals surface area contributed by atoms with E-state index in [9.17, 15) is 14.7 Å². The number of aliphatic carboxylic acids is 1. The number of fused-ring (bicyclic) bond motifs is 3. The fraction of sp³-hybridized carbons (Fsp3) is 0.161. The lowest BCUT2D eigenvalue weighted by molar-refractivity contribution is -0.139. The molecule has 5 rings (SSSR count). The molecule has 186 valence electrons. The molecule has 0 bridgehead atoms. The third-order valence-electron chi connectivity index (χ3n) is 6.73. The quantitative estimate of drug-likeness (QED) is 0.319. The number of ether oxygens (including phenoxy) is 2. The molecule has 37 heavy (non-hydrogen) atoms. The van der Waals surface area contributed by atoms with E-state index in [1.54, 1.807) is 7.11 Å². The number of carboxylic acid groups (broad SMARTS) is 1. The van der Waals surface area contributed by atoms with Crippen molar-refractivity contribution < 1.29 is 24.2 Å². The van der Waals surface area contributed by atoms with E-state index in [4.69, 9.17) is 9.47 Å². The first-order valence-electron chi connectivity index (χ1n) is 12.1. The molecule has 6 heteroatoms. The van der Waals surface area contributed by atoms with Gasteiger partial charge in [-0.2, -0.15) is 0 Å². The molecule has 0 aromatic heterocycles. The molecule has 1 atom stereocenters. The number of hydrogen-bond donors (Lipinski definition) is 2. The number of alkyl carbamates (subject to hydrolysis) is 1. The third-order valence-corrected chi connectivity index (χ3v) is 6.73. The summed E-state index contributed by atoms with van der Waals surface area (Å²) in [6, 6.07) is 30.3. The van der Waals surface area contributed by atoms with Gasteiger partial charge in [-0.15, -0.1) is 0 Å². The van der Waals surface area contributed by atoms with Gasteiger partial charge in [0.05, 0.1) is 7.11 Å². The lowest BCUT2D eigenvalue weighted by Gasteiger charge is -2.17. The molecule has 0 radical (unpaired) electrons. The van der Waals surface area contributed by atoms with Crippen LogP contribution in [-0.4, -0.2) is 36.9 Å². The van der Waals surface area contributed by atoms with Gasteiger partial charge in [-0.05, 0) is 51.1 Å². The highest BCUT2D eigenvalue weighted by Gasteiger charge is 2.29. The fourth-order valence-electron chi connectivity index (χ4n) is 4.85. The first-order chi connectivity index (χ1) is 18.0. The number of hydrogen-bond acceptors (Lipinski definition) is 4. The van der Waals surface area contributed by atoms with Crippen molar-refractivity contribution >= 4 is 12.1 Å². The van der Waals surface area contributed by atoms with E-state index in [2.05, 4.69) is 17.4 Å². The second-order valence-corrected chi connectivity index (χ2v) is 8.99. The van der Waals surface area contributed by atoms with E-state index in [-0.39, 0.29) is 18.9 Å². The van der Waals surface area contributed by atoms with Crippen LogP contribution < -0.4 is 10.1 Å². The second-order valence-electron chi connectivity index (χ2n) is 8.99. The molecule has 0 saturated heterocycles. The summed E-state index contributed by atoms with van der Waals surface area (Å²) >= 11 is 0. The molecule has 4 aromatic carbocycles. The van der Waals surface area contributed by atoms with Crippen LogP contribution in [0.25, 0.3) is 22.3 Å². The monoisotopic (exact) mass is 493 g/mol. The first-order valence-corrected chi connectivity index (χ1v) is 12.1. The molecule has 0 saturated carbocycles. The van der Waals surface area contributed by atoms with Crippen LogP contribution in [0.3, 0.4) is 0 Å². The maximum absolute atomic E-state index is 12.6. The minimum atomic E-state index is -1.12. The molecule has 1 amide bonds. The van der Waals surface area contributed by atoms with Crippen LogP contribution in [0, 0.1) is 0 Å². The van der Waals surface area contributed by atoms with Gasteiger partial charge in [0, 0.05) is 12.3 Å². The van der Waals surface area contributed by atoms with Gasteiger partial charge >= 0.3 is 12.1 Å². The summed E-state index contributed by atoms with van der Waals surface area (Å²) in [4.78, 5) is 24.5. The van der Waals surface area contributed by atoms with E-state index in [1.807, 2.05) is 84.9 Å². The van der Waals surface area contributed by atoms with Crippen molar-refractivity contribution in [2.75, 3.05) is 13.7 Å². The molecule has 0 heterocycles. The normalized spacial score (nSPS) is 12.8. The molecule has 0 fully saturated rings. The first kappa shape index (κ1) is 24.1. The lowest BCUT2D eigenvalue weighted by atomic mass is 9.98. The highest BCUT2D eigenvalue weighted by Crippen LogP contribution is 2.44. The zero-order chi connectivity index (χ0) is 25.8. The summed E-state index contributed by atoms with van der Waals surface area (Å²) in [5.74, 6) is -0.448. The SMILES string of the molecule is COc1cccc(-c2ccc(CC(NC(=O)OCC3c4ccccc4-c4ccccc43)C(=O)O)cc2)c1. The van der Waals surface area contributed by atoms with Gasteiger partial charge in [0.15, 0.2) is 0 Å². The van der Waals surface area contributed by atoms with E-state index < -0.39 is 18.1 Å². The Morgan fingerprint density at radius 3 is 2.11 bits per heavy atom. The Kier molecular flexibility index (Phi) is 6.90. The topological polar surface area (TPSA) is 84.9 Å². The number of carboxylic acids is 1. The molecule has 1 aliphatic carbocycles. The van der Waals surface area contributed by atoms with Gasteiger partial charge in [0.2, 0.25) is 0 Å². The molecule has 1 unspecified atom stereocenters. The number of amides is 1. The summed E-state index contributed by atoms with van der Waals surface area (Å²) in [6.07, 6.45) is -0.611. The fourth-order valence-corrected chi connectivity index (χ4v) is 4.85. The largest absolute Gasteiger partial charge is 0.497 e. The van der Waals surface area contributed by atoms with Gasteiger partial charge in [-0.1, -0.05) is 84.9 Å². The average molecular weight is 494 g/mol. The van der Waals surface area contributed by atoms with Gasteiger partial charge in [0.1, 0.15) is 18.4 Å². The molecule has 4 aromatic rings. The molecule has 6 nitrogen and oxygen atoms in total. The molecule has 0 aliphatic heterocycles. The number of carbonyl (C=O) groups excluding carboxylic acids is 1. The number of nitrogens with one attached hydrogen (secondary N) is 1. The summed E-state index contributed by atoms with van der Waals surface area (Å²) in [6.45, 7) is 0.126. The highest BCUT2D eigenvalue weighted by atomic mass is 16.5. The van der Waals surface area contributed by atoms with E-state index in [0.29, 0.717) is 0 Å². The van der Waals surface area contributed by atoms with Crippen LogP contribution in [0.2, 0.25) is 0 Å². The average Bonchev–Trinajstić information content (AvgIpc) is 3.25. The number of methoxy groups -OCH3 is 1. The Bertz CT molecular complexity index is 1380. The minimum absolute atomic E-state index is 0.0921. The predicted octanol–water partition coefficient (Wildman–Crippen LogP) is 5.90. The van der Waals surface area contributed by atoms with Crippen molar-refractivity contribution in [2.45, 2.75) is 18.4 Å². The lowest BCUT2D eigenvalue weighted by Crippen LogP contribution is -2.42. The maximum Gasteiger partial charge on any atom is 0.407 e. The van der Waals surface area contributed by atoms with Crippen LogP contribution in [0.4, 0.5) is 4.79 Å². The zero-order valence-electron chi connectivity index (χ0n) is 20.4. The van der Waals surface area contributed by atoms with E-state index in [1.165, 1.54) is 0 Å². The maximum atomic E-state index is 12.6. The number of rotatable bonds is 8. The van der Waals surface area contributed by atoms with Crippen LogP contribution >= 0.6 is 0 Å². The van der Waals surface area contributed by atoms with Crippen LogP contribution in [0.5, 0.6) is 5.75 Å². The third kappa shape index (κ3) is 5.19. The molecular weight excluding hydrogens is 466 g/mol. The standard InChI is InChI=1S/C31H27NO5/c1-36-23-8-6-7-22(18-23)21-15-13-20(14-16-21)17-29(30(33)34)32-31(35)37-19-28-26-11-4-2-9-24(26)25-10-3-5-12-27(25)28/h2-16,18,28-29H,17,19H2,1H3,(H,32,35)(H,33,34). The van der Waals surface area contributed by atoms with Crippen LogP contribution in [-0.2, 0) is 16.0 Å². The molecular formula is C31H27NO5. The smallest absolute Gasteiger partial charge is 0.407 e. The summed E-state index contributed by atoms with van der Waals surface area (Å²) in [5.41, 5.74) is 7.24. The Balaban J connectivity index is 1.22. The van der Waals surface area contributed by atoms with Gasteiger partial charge in [-0.25, -0.2) is 9.59 Å². The van der Waals surface area contributed by atoms with Crippen LogP contribution in [0.15, 0.2) is 97.1 Å².